The van der Waals surface area contributed by atoms with Crippen molar-refractivity contribution < 1.29 is 0 Å². The van der Waals surface area contributed by atoms with Gasteiger partial charge in [0.15, 0.2) is 0 Å². The van der Waals surface area contributed by atoms with Gasteiger partial charge in [-0.1, -0.05) is 34.1 Å². The van der Waals surface area contributed by atoms with Gasteiger partial charge in [-0.15, -0.1) is 0 Å². The van der Waals surface area contributed by atoms with Gasteiger partial charge in [-0.2, -0.15) is 0 Å². The minimum absolute atomic E-state index is 0.0265. The van der Waals surface area contributed by atoms with Crippen molar-refractivity contribution in [3.8, 4) is 0 Å². The van der Waals surface area contributed by atoms with Crippen LogP contribution in [0.3, 0.4) is 0 Å². The van der Waals surface area contributed by atoms with Gasteiger partial charge in [0.25, 0.3) is 0 Å². The fourth-order valence-electron chi connectivity index (χ4n) is 2.87. The van der Waals surface area contributed by atoms with Crippen LogP contribution < -0.4 is 4.90 Å². The van der Waals surface area contributed by atoms with Crippen LogP contribution in [0.4, 0.5) is 5.82 Å². The third kappa shape index (κ3) is 3.19. The Morgan fingerprint density at radius 3 is 2.57 bits per heavy atom. The molecule has 122 valence electrons. The summed E-state index contributed by atoms with van der Waals surface area (Å²) in [5.74, 6) is 2.78. The van der Waals surface area contributed by atoms with Crippen LogP contribution >= 0.6 is 0 Å². The summed E-state index contributed by atoms with van der Waals surface area (Å²) in [6.45, 7) is 12.2. The average Bonchev–Trinajstić information content (AvgIpc) is 2.91. The Hall–Kier alpha value is -2.04. The lowest BCUT2D eigenvalue weighted by molar-refractivity contribution is 0.541. The zero-order valence-electron chi connectivity index (χ0n) is 14.7. The van der Waals surface area contributed by atoms with Gasteiger partial charge in [0.2, 0.25) is 0 Å². The first-order valence-corrected chi connectivity index (χ1v) is 8.31. The molecular weight excluding hydrogens is 286 g/mol. The molecule has 0 bridgehead atoms. The molecule has 0 atom stereocenters. The lowest BCUT2D eigenvalue weighted by Crippen LogP contribution is -2.19. The molecule has 3 heterocycles. The fraction of sp³-hybridized carbons (Fsp3) is 0.556. The van der Waals surface area contributed by atoms with Crippen molar-refractivity contribution in [3.05, 3.63) is 40.9 Å². The van der Waals surface area contributed by atoms with Crippen LogP contribution in [-0.4, -0.2) is 19.9 Å². The lowest BCUT2D eigenvalue weighted by atomic mass is 9.95. The van der Waals surface area contributed by atoms with Gasteiger partial charge in [0.05, 0.1) is 12.2 Å². The zero-order valence-corrected chi connectivity index (χ0v) is 14.7. The van der Waals surface area contributed by atoms with Gasteiger partial charge in [-0.25, -0.2) is 19.9 Å². The molecule has 5 nitrogen and oxygen atoms in total. The molecule has 2 aromatic rings. The van der Waals surface area contributed by atoms with Crippen LogP contribution in [0.15, 0.2) is 12.4 Å². The Bertz CT molecular complexity index is 718. The molecular formula is C18H25N5. The van der Waals surface area contributed by atoms with Gasteiger partial charge in [0.1, 0.15) is 17.5 Å². The highest BCUT2D eigenvalue weighted by atomic mass is 15.2. The molecule has 0 unspecified atom stereocenters. The molecule has 5 heteroatoms. The molecule has 0 spiro atoms. The Morgan fingerprint density at radius 1 is 1.09 bits per heavy atom. The molecule has 0 fully saturated rings. The molecule has 0 saturated carbocycles. The topological polar surface area (TPSA) is 54.8 Å². The van der Waals surface area contributed by atoms with Crippen molar-refractivity contribution in [2.75, 3.05) is 4.90 Å². The van der Waals surface area contributed by atoms with E-state index in [9.17, 15) is 0 Å². The lowest BCUT2D eigenvalue weighted by Gasteiger charge is -2.19. The molecule has 0 amide bonds. The van der Waals surface area contributed by atoms with E-state index >= 15 is 0 Å². The monoisotopic (exact) mass is 311 g/mol. The Morgan fingerprint density at radius 2 is 1.87 bits per heavy atom. The second-order valence-electron chi connectivity index (χ2n) is 7.29. The predicted octanol–water partition coefficient (Wildman–Crippen LogP) is 3.35. The van der Waals surface area contributed by atoms with Gasteiger partial charge >= 0.3 is 0 Å². The van der Waals surface area contributed by atoms with Crippen molar-refractivity contribution in [2.45, 2.75) is 66.0 Å². The first-order chi connectivity index (χ1) is 10.9. The van der Waals surface area contributed by atoms with E-state index in [-0.39, 0.29) is 5.41 Å². The zero-order chi connectivity index (χ0) is 16.6. The number of nitrogens with zero attached hydrogens (tertiary/aromatic N) is 5. The predicted molar refractivity (Wildman–Crippen MR) is 91.4 cm³/mol. The first-order valence-electron chi connectivity index (χ1n) is 8.31. The summed E-state index contributed by atoms with van der Waals surface area (Å²) in [5, 5.41) is 0. The van der Waals surface area contributed by atoms with E-state index in [1.54, 1.807) is 0 Å². The molecule has 0 aromatic carbocycles. The maximum atomic E-state index is 4.80. The highest BCUT2D eigenvalue weighted by molar-refractivity contribution is 5.50. The molecule has 3 rings (SSSR count). The van der Waals surface area contributed by atoms with Crippen molar-refractivity contribution >= 4 is 5.82 Å². The van der Waals surface area contributed by atoms with Crippen LogP contribution in [0.5, 0.6) is 0 Å². The Kier molecular flexibility index (Phi) is 4.04. The maximum absolute atomic E-state index is 4.80. The molecule has 0 aliphatic carbocycles. The van der Waals surface area contributed by atoms with E-state index in [0.717, 1.165) is 49.1 Å². The summed E-state index contributed by atoms with van der Waals surface area (Å²) in [5.41, 5.74) is 3.52. The third-order valence-electron chi connectivity index (χ3n) is 4.11. The van der Waals surface area contributed by atoms with Crippen LogP contribution in [-0.2, 0) is 24.9 Å². The van der Waals surface area contributed by atoms with Crippen molar-refractivity contribution in [1.29, 1.82) is 0 Å². The second-order valence-corrected chi connectivity index (χ2v) is 7.29. The largest absolute Gasteiger partial charge is 0.346 e. The fourth-order valence-corrected chi connectivity index (χ4v) is 2.87. The number of hydrogen-bond donors (Lipinski definition) is 0. The van der Waals surface area contributed by atoms with Gasteiger partial charge in [0, 0.05) is 35.5 Å². The summed E-state index contributed by atoms with van der Waals surface area (Å²) < 4.78 is 0. The summed E-state index contributed by atoms with van der Waals surface area (Å²) in [6.07, 6.45) is 6.04. The number of rotatable bonds is 3. The SMILES string of the molecule is CCCc1cnc(C)nc1N1Cc2cnc(C(C)(C)C)nc2C1. The third-order valence-corrected chi connectivity index (χ3v) is 4.11. The van der Waals surface area contributed by atoms with Crippen LogP contribution in [0.1, 0.15) is 62.6 Å². The average molecular weight is 311 g/mol. The number of aromatic nitrogens is 4. The highest BCUT2D eigenvalue weighted by Gasteiger charge is 2.26. The highest BCUT2D eigenvalue weighted by Crippen LogP contribution is 2.30. The standard InChI is InChI=1S/C18H25N5/c1-6-7-13-8-19-12(2)21-16(13)23-10-14-9-20-17(18(3,4)5)22-15(14)11-23/h8-9H,6-7,10-11H2,1-5H3. The van der Waals surface area contributed by atoms with Gasteiger partial charge in [-0.05, 0) is 13.3 Å². The first kappa shape index (κ1) is 15.8. The molecule has 1 aliphatic rings. The molecule has 0 saturated heterocycles. The van der Waals surface area contributed by atoms with E-state index in [2.05, 4.69) is 42.6 Å². The quantitative estimate of drug-likeness (QED) is 0.870. The molecule has 0 radical (unpaired) electrons. The van der Waals surface area contributed by atoms with Gasteiger partial charge < -0.3 is 4.90 Å². The maximum Gasteiger partial charge on any atom is 0.136 e. The molecule has 23 heavy (non-hydrogen) atoms. The van der Waals surface area contributed by atoms with Crippen LogP contribution in [0.25, 0.3) is 0 Å². The minimum atomic E-state index is -0.0265. The van der Waals surface area contributed by atoms with E-state index in [1.165, 1.54) is 11.1 Å². The summed E-state index contributed by atoms with van der Waals surface area (Å²) in [7, 11) is 0. The molecule has 2 aromatic heterocycles. The van der Waals surface area contributed by atoms with Gasteiger partial charge in [-0.3, -0.25) is 0 Å². The van der Waals surface area contributed by atoms with Crippen molar-refractivity contribution in [1.82, 2.24) is 19.9 Å². The normalized spacial score (nSPS) is 14.2. The summed E-state index contributed by atoms with van der Waals surface area (Å²) in [6, 6.07) is 0. The molecule has 1 aliphatic heterocycles. The summed E-state index contributed by atoms with van der Waals surface area (Å²) in [4.78, 5) is 20.7. The van der Waals surface area contributed by atoms with E-state index < -0.39 is 0 Å². The number of aryl methyl sites for hydroxylation is 2. The Balaban J connectivity index is 1.92. The number of fused-ring (bicyclic) bond motifs is 1. The van der Waals surface area contributed by atoms with E-state index in [4.69, 9.17) is 9.97 Å². The number of anilines is 1. The second kappa shape index (κ2) is 5.87. The number of hydrogen-bond acceptors (Lipinski definition) is 5. The molecule has 0 N–H and O–H groups in total. The summed E-state index contributed by atoms with van der Waals surface area (Å²) >= 11 is 0. The van der Waals surface area contributed by atoms with Crippen LogP contribution in [0, 0.1) is 6.92 Å². The van der Waals surface area contributed by atoms with E-state index in [0.29, 0.717) is 0 Å². The van der Waals surface area contributed by atoms with Crippen molar-refractivity contribution in [2.24, 2.45) is 0 Å². The van der Waals surface area contributed by atoms with E-state index in [1.807, 2.05) is 19.3 Å². The van der Waals surface area contributed by atoms with Crippen molar-refractivity contribution in [3.63, 3.8) is 0 Å². The smallest absolute Gasteiger partial charge is 0.136 e. The van der Waals surface area contributed by atoms with Crippen LogP contribution in [0.2, 0.25) is 0 Å². The Labute approximate surface area is 138 Å². The minimum Gasteiger partial charge on any atom is -0.346 e.